The third-order valence-electron chi connectivity index (χ3n) is 1.43. The van der Waals surface area contributed by atoms with Crippen molar-refractivity contribution in [2.24, 2.45) is 0 Å². The van der Waals surface area contributed by atoms with Crippen molar-refractivity contribution in [2.45, 2.75) is 0 Å². The lowest BCUT2D eigenvalue weighted by atomic mass is 10.2. The van der Waals surface area contributed by atoms with E-state index in [9.17, 15) is 4.79 Å². The van der Waals surface area contributed by atoms with Gasteiger partial charge in [-0.15, -0.1) is 0 Å². The Hall–Kier alpha value is -0.870. The lowest BCUT2D eigenvalue weighted by Crippen LogP contribution is -2.24. The van der Waals surface area contributed by atoms with Gasteiger partial charge in [0.25, 0.3) is 5.91 Å². The molecular formula is C9H8BrClN2O. The Labute approximate surface area is 95.3 Å². The van der Waals surface area contributed by atoms with Gasteiger partial charge in [-0.2, -0.15) is 0 Å². The van der Waals surface area contributed by atoms with Gasteiger partial charge in [0.05, 0.1) is 6.54 Å². The van der Waals surface area contributed by atoms with Crippen molar-refractivity contribution >= 4 is 33.4 Å². The normalized spacial score (nSPS) is 9.57. The predicted molar refractivity (Wildman–Crippen MR) is 59.3 cm³/mol. The van der Waals surface area contributed by atoms with Crippen molar-refractivity contribution < 1.29 is 4.79 Å². The topological polar surface area (TPSA) is 42.0 Å². The van der Waals surface area contributed by atoms with Crippen LogP contribution in [0.15, 0.2) is 34.5 Å². The number of pyridine rings is 1. The van der Waals surface area contributed by atoms with Crippen LogP contribution in [0.5, 0.6) is 0 Å². The van der Waals surface area contributed by atoms with Crippen LogP contribution in [0.1, 0.15) is 10.4 Å². The number of hydrogen-bond acceptors (Lipinski definition) is 2. The summed E-state index contributed by atoms with van der Waals surface area (Å²) < 4.78 is 0.620. The molecule has 0 unspecified atom stereocenters. The molecule has 1 amide bonds. The van der Waals surface area contributed by atoms with Crippen LogP contribution in [0.2, 0.25) is 0 Å². The van der Waals surface area contributed by atoms with Crippen molar-refractivity contribution in [1.82, 2.24) is 10.3 Å². The molecule has 0 saturated heterocycles. The second-order valence-electron chi connectivity index (χ2n) is 2.57. The largest absolute Gasteiger partial charge is 0.347 e. The Morgan fingerprint density at radius 2 is 2.43 bits per heavy atom. The zero-order valence-corrected chi connectivity index (χ0v) is 9.60. The summed E-state index contributed by atoms with van der Waals surface area (Å²) in [6, 6.07) is 3.25. The molecule has 0 spiro atoms. The molecule has 0 saturated carbocycles. The van der Waals surface area contributed by atoms with Gasteiger partial charge in [-0.05, 0) is 28.1 Å². The number of carbonyl (C=O) groups is 1. The average Bonchev–Trinajstić information content (AvgIpc) is 2.14. The fourth-order valence-corrected chi connectivity index (χ4v) is 1.25. The summed E-state index contributed by atoms with van der Waals surface area (Å²) in [7, 11) is 0. The molecule has 0 aliphatic heterocycles. The Morgan fingerprint density at radius 1 is 1.71 bits per heavy atom. The van der Waals surface area contributed by atoms with E-state index in [2.05, 4.69) is 32.8 Å². The molecule has 3 nitrogen and oxygen atoms in total. The standard InChI is InChI=1S/C9H8BrClN2O/c1-6(11)5-13-9(14)7-2-3-12-8(10)4-7/h2-4H,1,5H2,(H,13,14). The highest BCUT2D eigenvalue weighted by Gasteiger charge is 2.05. The molecule has 1 N–H and O–H groups in total. The minimum atomic E-state index is -0.199. The van der Waals surface area contributed by atoms with E-state index in [1.54, 1.807) is 18.3 Å². The van der Waals surface area contributed by atoms with Crippen molar-refractivity contribution in [2.75, 3.05) is 6.54 Å². The first-order chi connectivity index (χ1) is 6.59. The predicted octanol–water partition coefficient (Wildman–Crippen LogP) is 2.33. The molecule has 0 atom stereocenters. The maximum Gasteiger partial charge on any atom is 0.251 e. The molecule has 0 aliphatic rings. The van der Waals surface area contributed by atoms with Crippen LogP contribution in [0.25, 0.3) is 0 Å². The molecule has 0 fully saturated rings. The number of nitrogens with one attached hydrogen (secondary N) is 1. The number of aromatic nitrogens is 1. The third kappa shape index (κ3) is 3.47. The van der Waals surface area contributed by atoms with Gasteiger partial charge in [-0.1, -0.05) is 18.2 Å². The van der Waals surface area contributed by atoms with Crippen LogP contribution in [-0.4, -0.2) is 17.4 Å². The summed E-state index contributed by atoms with van der Waals surface area (Å²) in [5, 5.41) is 3.00. The van der Waals surface area contributed by atoms with E-state index in [1.807, 2.05) is 0 Å². The number of hydrogen-bond donors (Lipinski definition) is 1. The summed E-state index contributed by atoms with van der Waals surface area (Å²) in [6.07, 6.45) is 1.55. The molecule has 0 bridgehead atoms. The maximum atomic E-state index is 11.4. The summed E-state index contributed by atoms with van der Waals surface area (Å²) in [6.45, 7) is 3.73. The quantitative estimate of drug-likeness (QED) is 0.860. The van der Waals surface area contributed by atoms with Gasteiger partial charge in [0.2, 0.25) is 0 Å². The van der Waals surface area contributed by atoms with Gasteiger partial charge >= 0.3 is 0 Å². The number of carbonyl (C=O) groups excluding carboxylic acids is 1. The molecule has 0 aromatic carbocycles. The van der Waals surface area contributed by atoms with E-state index in [0.29, 0.717) is 15.2 Å². The molecule has 0 radical (unpaired) electrons. The Balaban J connectivity index is 2.65. The maximum absolute atomic E-state index is 11.4. The zero-order chi connectivity index (χ0) is 10.6. The second-order valence-corrected chi connectivity index (χ2v) is 3.91. The van der Waals surface area contributed by atoms with Gasteiger partial charge in [-0.3, -0.25) is 4.79 Å². The van der Waals surface area contributed by atoms with Gasteiger partial charge in [-0.25, -0.2) is 4.98 Å². The molecule has 1 heterocycles. The first-order valence-corrected chi connectivity index (χ1v) is 4.99. The van der Waals surface area contributed by atoms with Crippen LogP contribution < -0.4 is 5.32 Å². The number of halogens is 2. The summed E-state index contributed by atoms with van der Waals surface area (Å²) in [5.41, 5.74) is 0.532. The Kier molecular flexibility index (Phi) is 4.10. The molecule has 1 aromatic heterocycles. The van der Waals surface area contributed by atoms with Crippen molar-refractivity contribution in [3.05, 3.63) is 40.1 Å². The van der Waals surface area contributed by atoms with Crippen LogP contribution >= 0.6 is 27.5 Å². The fraction of sp³-hybridized carbons (Fsp3) is 0.111. The summed E-state index contributed by atoms with van der Waals surface area (Å²) >= 11 is 8.69. The number of nitrogens with zero attached hydrogens (tertiary/aromatic N) is 1. The van der Waals surface area contributed by atoms with E-state index >= 15 is 0 Å². The lowest BCUT2D eigenvalue weighted by molar-refractivity contribution is 0.0957. The highest BCUT2D eigenvalue weighted by Crippen LogP contribution is 2.07. The van der Waals surface area contributed by atoms with Crippen LogP contribution in [-0.2, 0) is 0 Å². The molecular weight excluding hydrogens is 267 g/mol. The molecule has 5 heteroatoms. The zero-order valence-electron chi connectivity index (χ0n) is 7.26. The number of amides is 1. The van der Waals surface area contributed by atoms with Gasteiger partial charge in [0, 0.05) is 16.8 Å². The second kappa shape index (κ2) is 5.12. The van der Waals surface area contributed by atoms with E-state index in [-0.39, 0.29) is 12.5 Å². The van der Waals surface area contributed by atoms with Crippen molar-refractivity contribution in [3.8, 4) is 0 Å². The van der Waals surface area contributed by atoms with E-state index in [0.717, 1.165) is 0 Å². The van der Waals surface area contributed by atoms with Crippen LogP contribution in [0.3, 0.4) is 0 Å². The first-order valence-electron chi connectivity index (χ1n) is 3.82. The minimum absolute atomic E-state index is 0.199. The molecule has 74 valence electrons. The van der Waals surface area contributed by atoms with Crippen molar-refractivity contribution in [3.63, 3.8) is 0 Å². The number of rotatable bonds is 3. The smallest absolute Gasteiger partial charge is 0.251 e. The molecule has 14 heavy (non-hydrogen) atoms. The van der Waals surface area contributed by atoms with Crippen molar-refractivity contribution in [1.29, 1.82) is 0 Å². The van der Waals surface area contributed by atoms with Gasteiger partial charge in [0.15, 0.2) is 0 Å². The van der Waals surface area contributed by atoms with Gasteiger partial charge < -0.3 is 5.32 Å². The SMILES string of the molecule is C=C(Cl)CNC(=O)c1ccnc(Br)c1. The highest BCUT2D eigenvalue weighted by molar-refractivity contribution is 9.10. The van der Waals surface area contributed by atoms with E-state index in [4.69, 9.17) is 11.6 Å². The highest BCUT2D eigenvalue weighted by atomic mass is 79.9. The van der Waals surface area contributed by atoms with E-state index < -0.39 is 0 Å². The summed E-state index contributed by atoms with van der Waals surface area (Å²) in [5.74, 6) is -0.199. The fourth-order valence-electron chi connectivity index (χ4n) is 0.822. The van der Waals surface area contributed by atoms with Crippen LogP contribution in [0, 0.1) is 0 Å². The lowest BCUT2D eigenvalue weighted by Gasteiger charge is -2.03. The molecule has 1 aromatic rings. The van der Waals surface area contributed by atoms with E-state index in [1.165, 1.54) is 0 Å². The molecule has 1 rings (SSSR count). The van der Waals surface area contributed by atoms with Crippen LogP contribution in [0.4, 0.5) is 0 Å². The van der Waals surface area contributed by atoms with Gasteiger partial charge in [0.1, 0.15) is 4.60 Å². The summed E-state index contributed by atoms with van der Waals surface area (Å²) in [4.78, 5) is 15.4. The minimum Gasteiger partial charge on any atom is -0.347 e. The Bertz CT molecular complexity index is 368. The Morgan fingerprint density at radius 3 is 3.00 bits per heavy atom. The third-order valence-corrected chi connectivity index (χ3v) is 2.00. The monoisotopic (exact) mass is 274 g/mol. The first kappa shape index (κ1) is 11.2. The molecule has 0 aliphatic carbocycles. The average molecular weight is 276 g/mol.